The standard InChI is InChI=1S/C17H23N3O2.ClH/c21-16-9-14(17(22)19-15-7-4-8-18-10-15)12-20(16)11-13-5-2-1-3-6-13;/h1-3,5-6,14-15,18H,4,7-12H2,(H,19,22);1H/t14?,15-;/m0./s1. The van der Waals surface area contributed by atoms with Crippen molar-refractivity contribution in [3.63, 3.8) is 0 Å². The lowest BCUT2D eigenvalue weighted by Gasteiger charge is -2.25. The molecule has 5 nitrogen and oxygen atoms in total. The fourth-order valence-electron chi connectivity index (χ4n) is 3.20. The summed E-state index contributed by atoms with van der Waals surface area (Å²) in [5.41, 5.74) is 1.10. The molecule has 0 saturated carbocycles. The van der Waals surface area contributed by atoms with Crippen LogP contribution >= 0.6 is 12.4 Å². The van der Waals surface area contributed by atoms with Gasteiger partial charge in [0, 0.05) is 32.1 Å². The molecular formula is C17H24ClN3O2. The highest BCUT2D eigenvalue weighted by Gasteiger charge is 2.35. The zero-order valence-electron chi connectivity index (χ0n) is 13.2. The molecule has 0 radical (unpaired) electrons. The number of piperidine rings is 1. The Balaban J connectivity index is 0.00000192. The Morgan fingerprint density at radius 2 is 2.09 bits per heavy atom. The number of carbonyl (C=O) groups excluding carboxylic acids is 2. The van der Waals surface area contributed by atoms with Crippen LogP contribution in [0.2, 0.25) is 0 Å². The fraction of sp³-hybridized carbons (Fsp3) is 0.529. The van der Waals surface area contributed by atoms with E-state index < -0.39 is 0 Å². The van der Waals surface area contributed by atoms with Crippen LogP contribution in [0.15, 0.2) is 30.3 Å². The minimum absolute atomic E-state index is 0. The number of benzene rings is 1. The number of hydrogen-bond donors (Lipinski definition) is 2. The molecule has 1 unspecified atom stereocenters. The predicted molar refractivity (Wildman–Crippen MR) is 91.2 cm³/mol. The van der Waals surface area contributed by atoms with Gasteiger partial charge in [0.05, 0.1) is 5.92 Å². The highest BCUT2D eigenvalue weighted by molar-refractivity contribution is 5.89. The van der Waals surface area contributed by atoms with Gasteiger partial charge in [-0.05, 0) is 24.9 Å². The largest absolute Gasteiger partial charge is 0.352 e. The number of nitrogens with zero attached hydrogens (tertiary/aromatic N) is 1. The highest BCUT2D eigenvalue weighted by Crippen LogP contribution is 2.20. The maximum Gasteiger partial charge on any atom is 0.225 e. The molecule has 2 fully saturated rings. The lowest BCUT2D eigenvalue weighted by atomic mass is 10.0. The van der Waals surface area contributed by atoms with Crippen molar-refractivity contribution in [1.29, 1.82) is 0 Å². The van der Waals surface area contributed by atoms with Crippen LogP contribution in [0.25, 0.3) is 0 Å². The molecule has 2 aliphatic heterocycles. The summed E-state index contributed by atoms with van der Waals surface area (Å²) in [4.78, 5) is 26.2. The minimum Gasteiger partial charge on any atom is -0.352 e. The van der Waals surface area contributed by atoms with Gasteiger partial charge in [0.25, 0.3) is 0 Å². The van der Waals surface area contributed by atoms with Gasteiger partial charge in [-0.25, -0.2) is 0 Å². The van der Waals surface area contributed by atoms with E-state index in [9.17, 15) is 9.59 Å². The summed E-state index contributed by atoms with van der Waals surface area (Å²) in [6.45, 7) is 2.98. The first kappa shape index (κ1) is 17.8. The number of rotatable bonds is 4. The number of halogens is 1. The van der Waals surface area contributed by atoms with Gasteiger partial charge in [0.1, 0.15) is 0 Å². The van der Waals surface area contributed by atoms with Crippen molar-refractivity contribution >= 4 is 24.2 Å². The molecular weight excluding hydrogens is 314 g/mol. The number of nitrogens with one attached hydrogen (secondary N) is 2. The van der Waals surface area contributed by atoms with Crippen molar-refractivity contribution in [1.82, 2.24) is 15.5 Å². The molecule has 0 aromatic heterocycles. The van der Waals surface area contributed by atoms with Crippen LogP contribution in [-0.4, -0.2) is 42.4 Å². The van der Waals surface area contributed by atoms with Crippen LogP contribution in [0, 0.1) is 5.92 Å². The van der Waals surface area contributed by atoms with E-state index in [1.807, 2.05) is 30.3 Å². The maximum atomic E-state index is 12.3. The normalized spacial score (nSPS) is 24.2. The van der Waals surface area contributed by atoms with Crippen molar-refractivity contribution in [2.75, 3.05) is 19.6 Å². The summed E-state index contributed by atoms with van der Waals surface area (Å²) in [5.74, 6) is -0.110. The Kier molecular flexibility index (Phi) is 6.42. The Hall–Kier alpha value is -1.59. The summed E-state index contributed by atoms with van der Waals surface area (Å²) in [5, 5.41) is 6.37. The second kappa shape index (κ2) is 8.31. The second-order valence-electron chi connectivity index (χ2n) is 6.21. The van der Waals surface area contributed by atoms with E-state index in [4.69, 9.17) is 0 Å². The van der Waals surface area contributed by atoms with Gasteiger partial charge in [-0.2, -0.15) is 0 Å². The first-order valence-electron chi connectivity index (χ1n) is 8.05. The fourth-order valence-corrected chi connectivity index (χ4v) is 3.20. The van der Waals surface area contributed by atoms with Crippen molar-refractivity contribution in [3.05, 3.63) is 35.9 Å². The number of likely N-dealkylation sites (tertiary alicyclic amines) is 1. The third-order valence-corrected chi connectivity index (χ3v) is 4.44. The Bertz CT molecular complexity index is 532. The zero-order chi connectivity index (χ0) is 15.4. The SMILES string of the molecule is Cl.O=C(N[C@H]1CCCNC1)C1CC(=O)N(Cc2ccccc2)C1. The van der Waals surface area contributed by atoms with Gasteiger partial charge in [-0.1, -0.05) is 30.3 Å². The predicted octanol–water partition coefficient (Wildman–Crippen LogP) is 1.33. The third-order valence-electron chi connectivity index (χ3n) is 4.44. The van der Waals surface area contributed by atoms with Crippen LogP contribution in [0.5, 0.6) is 0 Å². The maximum absolute atomic E-state index is 12.3. The van der Waals surface area contributed by atoms with E-state index in [2.05, 4.69) is 10.6 Å². The number of hydrogen-bond acceptors (Lipinski definition) is 3. The molecule has 1 aromatic rings. The van der Waals surface area contributed by atoms with Crippen LogP contribution in [0.4, 0.5) is 0 Å². The molecule has 2 aliphatic rings. The van der Waals surface area contributed by atoms with Crippen molar-refractivity contribution in [2.24, 2.45) is 5.92 Å². The summed E-state index contributed by atoms with van der Waals surface area (Å²) in [6, 6.07) is 10.1. The Labute approximate surface area is 143 Å². The molecule has 126 valence electrons. The van der Waals surface area contributed by atoms with Gasteiger partial charge in [-0.3, -0.25) is 9.59 Å². The smallest absolute Gasteiger partial charge is 0.225 e. The summed E-state index contributed by atoms with van der Waals surface area (Å²) in [6.07, 6.45) is 2.45. The average molecular weight is 338 g/mol. The molecule has 0 spiro atoms. The molecule has 1 aromatic carbocycles. The molecule has 2 saturated heterocycles. The molecule has 2 N–H and O–H groups in total. The molecule has 0 bridgehead atoms. The van der Waals surface area contributed by atoms with Crippen LogP contribution in [0.1, 0.15) is 24.8 Å². The van der Waals surface area contributed by atoms with Gasteiger partial charge in [-0.15, -0.1) is 12.4 Å². The van der Waals surface area contributed by atoms with Crippen molar-refractivity contribution < 1.29 is 9.59 Å². The van der Waals surface area contributed by atoms with Gasteiger partial charge < -0.3 is 15.5 Å². The minimum atomic E-state index is -0.210. The summed E-state index contributed by atoms with van der Waals surface area (Å²) in [7, 11) is 0. The molecule has 2 amide bonds. The third kappa shape index (κ3) is 4.69. The molecule has 0 aliphatic carbocycles. The van der Waals surface area contributed by atoms with Gasteiger partial charge in [0.2, 0.25) is 11.8 Å². The average Bonchev–Trinajstić information content (AvgIpc) is 2.90. The van der Waals surface area contributed by atoms with Crippen LogP contribution in [0.3, 0.4) is 0 Å². The Morgan fingerprint density at radius 3 is 2.78 bits per heavy atom. The van der Waals surface area contributed by atoms with Crippen LogP contribution in [-0.2, 0) is 16.1 Å². The number of carbonyl (C=O) groups is 2. The lowest BCUT2D eigenvalue weighted by molar-refractivity contribution is -0.129. The molecule has 2 heterocycles. The van der Waals surface area contributed by atoms with E-state index in [-0.39, 0.29) is 36.2 Å². The monoisotopic (exact) mass is 337 g/mol. The zero-order valence-corrected chi connectivity index (χ0v) is 14.0. The lowest BCUT2D eigenvalue weighted by Crippen LogP contribution is -2.47. The van der Waals surface area contributed by atoms with Crippen molar-refractivity contribution in [2.45, 2.75) is 31.8 Å². The van der Waals surface area contributed by atoms with E-state index in [1.165, 1.54) is 0 Å². The molecule has 2 atom stereocenters. The van der Waals surface area contributed by atoms with E-state index in [0.717, 1.165) is 31.5 Å². The molecule has 3 rings (SSSR count). The van der Waals surface area contributed by atoms with E-state index in [1.54, 1.807) is 4.90 Å². The topological polar surface area (TPSA) is 61.4 Å². The first-order chi connectivity index (χ1) is 10.7. The first-order valence-corrected chi connectivity index (χ1v) is 8.05. The van der Waals surface area contributed by atoms with E-state index in [0.29, 0.717) is 19.5 Å². The molecule has 23 heavy (non-hydrogen) atoms. The van der Waals surface area contributed by atoms with Gasteiger partial charge >= 0.3 is 0 Å². The molecule has 6 heteroatoms. The summed E-state index contributed by atoms with van der Waals surface area (Å²) >= 11 is 0. The quantitative estimate of drug-likeness (QED) is 0.871. The number of amides is 2. The highest BCUT2D eigenvalue weighted by atomic mass is 35.5. The summed E-state index contributed by atoms with van der Waals surface area (Å²) < 4.78 is 0. The van der Waals surface area contributed by atoms with E-state index >= 15 is 0 Å². The van der Waals surface area contributed by atoms with Crippen molar-refractivity contribution in [3.8, 4) is 0 Å². The van der Waals surface area contributed by atoms with Gasteiger partial charge in [0.15, 0.2) is 0 Å². The Morgan fingerprint density at radius 1 is 1.30 bits per heavy atom. The second-order valence-corrected chi connectivity index (χ2v) is 6.21. The van der Waals surface area contributed by atoms with Crippen LogP contribution < -0.4 is 10.6 Å².